The van der Waals surface area contributed by atoms with Gasteiger partial charge in [0.2, 0.25) is 5.91 Å². The first-order valence-corrected chi connectivity index (χ1v) is 9.43. The summed E-state index contributed by atoms with van der Waals surface area (Å²) in [5.74, 6) is -0.00249. The van der Waals surface area contributed by atoms with Gasteiger partial charge in [0.15, 0.2) is 0 Å². The molecule has 1 aliphatic heterocycles. The molecule has 0 aromatic heterocycles. The van der Waals surface area contributed by atoms with Crippen LogP contribution in [0.15, 0.2) is 30.3 Å². The normalized spacial score (nSPS) is 16.3. The lowest BCUT2D eigenvalue weighted by molar-refractivity contribution is -0.132. The molecular formula is C21H29N3O3. The fourth-order valence-electron chi connectivity index (χ4n) is 3.24. The third kappa shape index (κ3) is 6.59. The van der Waals surface area contributed by atoms with Gasteiger partial charge in [-0.3, -0.25) is 4.79 Å². The predicted octanol–water partition coefficient (Wildman–Crippen LogP) is 3.28. The van der Waals surface area contributed by atoms with E-state index in [2.05, 4.69) is 11.4 Å². The number of alkyl carbamates (subject to hydrolysis) is 1. The fourth-order valence-corrected chi connectivity index (χ4v) is 3.24. The molecule has 0 saturated carbocycles. The van der Waals surface area contributed by atoms with Crippen molar-refractivity contribution < 1.29 is 14.3 Å². The quantitative estimate of drug-likeness (QED) is 0.861. The van der Waals surface area contributed by atoms with Crippen molar-refractivity contribution in [1.29, 1.82) is 5.26 Å². The molecule has 0 atom stereocenters. The third-order valence-electron chi connectivity index (χ3n) is 4.70. The number of nitrogens with one attached hydrogen (secondary N) is 1. The monoisotopic (exact) mass is 371 g/mol. The van der Waals surface area contributed by atoms with Gasteiger partial charge in [0.25, 0.3) is 0 Å². The average molecular weight is 371 g/mol. The van der Waals surface area contributed by atoms with Crippen LogP contribution in [0.1, 0.15) is 45.6 Å². The number of ether oxygens (including phenoxy) is 1. The van der Waals surface area contributed by atoms with Crippen LogP contribution in [0.3, 0.4) is 0 Å². The summed E-state index contributed by atoms with van der Waals surface area (Å²) in [5.41, 5.74) is 0.188. The molecule has 2 rings (SSSR count). The zero-order valence-corrected chi connectivity index (χ0v) is 16.5. The van der Waals surface area contributed by atoms with Crippen LogP contribution in [-0.2, 0) is 16.0 Å². The molecule has 0 spiro atoms. The van der Waals surface area contributed by atoms with Gasteiger partial charge < -0.3 is 15.0 Å². The number of likely N-dealkylation sites (tertiary alicyclic amines) is 1. The molecule has 1 heterocycles. The highest BCUT2D eigenvalue weighted by Crippen LogP contribution is 2.34. The van der Waals surface area contributed by atoms with Gasteiger partial charge in [-0.25, -0.2) is 4.79 Å². The number of piperidine rings is 1. The molecule has 0 bridgehead atoms. The highest BCUT2D eigenvalue weighted by molar-refractivity contribution is 5.77. The Morgan fingerprint density at radius 1 is 1.22 bits per heavy atom. The Labute approximate surface area is 161 Å². The molecule has 1 N–H and O–H groups in total. The zero-order chi connectivity index (χ0) is 19.9. The molecule has 6 heteroatoms. The maximum Gasteiger partial charge on any atom is 0.407 e. The van der Waals surface area contributed by atoms with Gasteiger partial charge in [-0.15, -0.1) is 0 Å². The van der Waals surface area contributed by atoms with Crippen LogP contribution in [-0.4, -0.2) is 42.1 Å². The molecule has 1 fully saturated rings. The zero-order valence-electron chi connectivity index (χ0n) is 16.5. The first-order chi connectivity index (χ1) is 12.7. The van der Waals surface area contributed by atoms with E-state index in [0.717, 1.165) is 5.56 Å². The van der Waals surface area contributed by atoms with Crippen molar-refractivity contribution in [3.05, 3.63) is 35.9 Å². The summed E-state index contributed by atoms with van der Waals surface area (Å²) in [4.78, 5) is 25.8. The summed E-state index contributed by atoms with van der Waals surface area (Å²) in [7, 11) is 0. The van der Waals surface area contributed by atoms with E-state index in [9.17, 15) is 14.9 Å². The number of rotatable bonds is 5. The predicted molar refractivity (Wildman–Crippen MR) is 103 cm³/mol. The van der Waals surface area contributed by atoms with E-state index in [1.807, 2.05) is 30.3 Å². The number of carbonyl (C=O) groups excluding carboxylic acids is 2. The number of carbonyl (C=O) groups is 2. The van der Waals surface area contributed by atoms with E-state index in [1.165, 1.54) is 0 Å². The smallest absolute Gasteiger partial charge is 0.407 e. The number of nitrogens with zero attached hydrogens (tertiary/aromatic N) is 2. The number of benzene rings is 1. The Bertz CT molecular complexity index is 681. The highest BCUT2D eigenvalue weighted by atomic mass is 16.6. The molecule has 0 unspecified atom stereocenters. The van der Waals surface area contributed by atoms with Crippen LogP contribution in [0.5, 0.6) is 0 Å². The van der Waals surface area contributed by atoms with E-state index < -0.39 is 17.1 Å². The SMILES string of the molecule is CC(C)(C)OC(=O)NCCC(=O)N1CCC(C#N)(Cc2ccccc2)CC1. The Kier molecular flexibility index (Phi) is 6.84. The van der Waals surface area contributed by atoms with Gasteiger partial charge in [0, 0.05) is 26.1 Å². The topological polar surface area (TPSA) is 82.4 Å². The van der Waals surface area contributed by atoms with Gasteiger partial charge in [0.1, 0.15) is 5.60 Å². The Balaban J connectivity index is 1.78. The van der Waals surface area contributed by atoms with Crippen molar-refractivity contribution in [2.45, 2.75) is 52.1 Å². The summed E-state index contributed by atoms with van der Waals surface area (Å²) < 4.78 is 5.15. The van der Waals surface area contributed by atoms with Crippen LogP contribution in [0.2, 0.25) is 0 Å². The first kappa shape index (κ1) is 20.8. The van der Waals surface area contributed by atoms with E-state index in [1.54, 1.807) is 25.7 Å². The molecule has 0 aliphatic carbocycles. The maximum absolute atomic E-state index is 12.4. The third-order valence-corrected chi connectivity index (χ3v) is 4.70. The van der Waals surface area contributed by atoms with Gasteiger partial charge in [0.05, 0.1) is 11.5 Å². The summed E-state index contributed by atoms with van der Waals surface area (Å²) in [6, 6.07) is 12.5. The van der Waals surface area contributed by atoms with Gasteiger partial charge in [-0.05, 0) is 45.6 Å². The second-order valence-electron chi connectivity index (χ2n) is 8.11. The van der Waals surface area contributed by atoms with E-state index >= 15 is 0 Å². The molecule has 6 nitrogen and oxygen atoms in total. The minimum atomic E-state index is -0.555. The summed E-state index contributed by atoms with van der Waals surface area (Å²) >= 11 is 0. The summed E-state index contributed by atoms with van der Waals surface area (Å²) in [6.45, 7) is 6.78. The number of hydrogen-bond acceptors (Lipinski definition) is 4. The second kappa shape index (κ2) is 8.90. The Morgan fingerprint density at radius 2 is 1.85 bits per heavy atom. The fraction of sp³-hybridized carbons (Fsp3) is 0.571. The lowest BCUT2D eigenvalue weighted by Crippen LogP contribution is -2.44. The lowest BCUT2D eigenvalue weighted by Gasteiger charge is -2.37. The molecule has 146 valence electrons. The van der Waals surface area contributed by atoms with Crippen molar-refractivity contribution in [3.63, 3.8) is 0 Å². The largest absolute Gasteiger partial charge is 0.444 e. The van der Waals surface area contributed by atoms with Crippen LogP contribution in [0.4, 0.5) is 4.79 Å². The van der Waals surface area contributed by atoms with E-state index in [0.29, 0.717) is 32.4 Å². The minimum Gasteiger partial charge on any atom is -0.444 e. The lowest BCUT2D eigenvalue weighted by atomic mass is 9.75. The Morgan fingerprint density at radius 3 is 2.41 bits per heavy atom. The van der Waals surface area contributed by atoms with Crippen molar-refractivity contribution >= 4 is 12.0 Å². The number of nitriles is 1. The summed E-state index contributed by atoms with van der Waals surface area (Å²) in [6.07, 6.45) is 1.78. The van der Waals surface area contributed by atoms with Crippen molar-refractivity contribution in [2.75, 3.05) is 19.6 Å². The molecular weight excluding hydrogens is 342 g/mol. The van der Waals surface area contributed by atoms with Crippen molar-refractivity contribution in [2.24, 2.45) is 5.41 Å². The second-order valence-corrected chi connectivity index (χ2v) is 8.11. The molecule has 1 saturated heterocycles. The molecule has 1 aliphatic rings. The van der Waals surface area contributed by atoms with Gasteiger partial charge >= 0.3 is 6.09 Å². The number of amides is 2. The van der Waals surface area contributed by atoms with E-state index in [4.69, 9.17) is 4.74 Å². The van der Waals surface area contributed by atoms with Crippen LogP contribution < -0.4 is 5.32 Å². The van der Waals surface area contributed by atoms with Crippen LogP contribution in [0, 0.1) is 16.7 Å². The minimum absolute atomic E-state index is 0.00249. The molecule has 1 aromatic rings. The molecule has 1 aromatic carbocycles. The van der Waals surface area contributed by atoms with Gasteiger partial charge in [-0.1, -0.05) is 30.3 Å². The summed E-state index contributed by atoms with van der Waals surface area (Å²) in [5, 5.41) is 12.3. The van der Waals surface area contributed by atoms with Crippen molar-refractivity contribution in [1.82, 2.24) is 10.2 Å². The van der Waals surface area contributed by atoms with Gasteiger partial charge in [-0.2, -0.15) is 5.26 Å². The van der Waals surface area contributed by atoms with Crippen LogP contribution >= 0.6 is 0 Å². The van der Waals surface area contributed by atoms with Crippen LogP contribution in [0.25, 0.3) is 0 Å². The first-order valence-electron chi connectivity index (χ1n) is 9.43. The molecule has 0 radical (unpaired) electrons. The maximum atomic E-state index is 12.4. The highest BCUT2D eigenvalue weighted by Gasteiger charge is 2.36. The van der Waals surface area contributed by atoms with Crippen molar-refractivity contribution in [3.8, 4) is 6.07 Å². The Hall–Kier alpha value is -2.55. The number of hydrogen-bond donors (Lipinski definition) is 1. The average Bonchev–Trinajstić information content (AvgIpc) is 2.61. The van der Waals surface area contributed by atoms with E-state index in [-0.39, 0.29) is 18.9 Å². The molecule has 2 amide bonds. The molecule has 27 heavy (non-hydrogen) atoms. The standard InChI is InChI=1S/C21H29N3O3/c1-20(2,3)27-19(26)23-12-9-18(25)24-13-10-21(16-22,11-14-24)15-17-7-5-4-6-8-17/h4-8H,9-15H2,1-3H3,(H,23,26).